The number of ether oxygens (including phenoxy) is 3. The van der Waals surface area contributed by atoms with Crippen molar-refractivity contribution < 1.29 is 39.1 Å². The van der Waals surface area contributed by atoms with Crippen molar-refractivity contribution in [3.8, 4) is 34.5 Å². The minimum atomic E-state index is -1.11. The van der Waals surface area contributed by atoms with Gasteiger partial charge in [-0.2, -0.15) is 0 Å². The molecule has 0 spiro atoms. The number of amides is 2. The van der Waals surface area contributed by atoms with Gasteiger partial charge in [-0.05, 0) is 84.1 Å². The number of carbonyl (C=O) groups excluding carboxylic acids is 2. The van der Waals surface area contributed by atoms with Crippen molar-refractivity contribution in [1.29, 1.82) is 0 Å². The largest absolute Gasteiger partial charge is 0.508 e. The normalized spacial score (nSPS) is 15.4. The molecule has 4 aromatic carbocycles. The first-order valence-corrected chi connectivity index (χ1v) is 14.4. The first kappa shape index (κ1) is 30.8. The zero-order valence-corrected chi connectivity index (χ0v) is 24.6. The van der Waals surface area contributed by atoms with Crippen molar-refractivity contribution in [1.82, 2.24) is 10.6 Å². The number of phenolic OH excluding ortho intramolecular Hbond substituents is 3. The zero-order valence-electron chi connectivity index (χ0n) is 24.6. The number of hydrogen-bond donors (Lipinski definition) is 5. The molecule has 2 atom stereocenters. The topological polar surface area (TPSA) is 147 Å². The second-order valence-electron chi connectivity index (χ2n) is 10.5. The summed E-state index contributed by atoms with van der Waals surface area (Å²) in [5.41, 5.74) is 3.08. The second-order valence-corrected chi connectivity index (χ2v) is 10.5. The quantitative estimate of drug-likeness (QED) is 0.157. The van der Waals surface area contributed by atoms with Crippen LogP contribution in [-0.4, -0.2) is 53.4 Å². The van der Waals surface area contributed by atoms with Gasteiger partial charge in [0.1, 0.15) is 23.0 Å². The van der Waals surface area contributed by atoms with Gasteiger partial charge in [0.15, 0.2) is 17.6 Å². The van der Waals surface area contributed by atoms with Gasteiger partial charge in [-0.25, -0.2) is 0 Å². The molecule has 1 aliphatic rings. The van der Waals surface area contributed by atoms with Gasteiger partial charge < -0.3 is 40.2 Å². The molecule has 0 radical (unpaired) electrons. The van der Waals surface area contributed by atoms with E-state index in [-0.39, 0.29) is 23.2 Å². The van der Waals surface area contributed by atoms with Crippen molar-refractivity contribution in [2.75, 3.05) is 20.2 Å². The van der Waals surface area contributed by atoms with E-state index in [2.05, 4.69) is 10.6 Å². The number of methoxy groups -OCH3 is 1. The molecule has 0 bridgehead atoms. The summed E-state index contributed by atoms with van der Waals surface area (Å²) in [6.45, 7) is 0.747. The summed E-state index contributed by atoms with van der Waals surface area (Å²) in [7, 11) is 1.48. The standard InChI is InChI=1S/C35H34N2O8/c1-43-29-20-25(19-28(40)21-29)33-34(35(42)37-17-15-23-4-10-27(39)11-5-23)45-31-18-24(6-12-30(31)44-33)7-13-32(41)36-16-14-22-2-8-26(38)9-3-22/h2-13,18-21,33-34,38-40H,14-17H2,1H3,(H,36,41)(H,37,42)/t33-,34+/m1/s1. The molecule has 0 saturated carbocycles. The number of carbonyl (C=O) groups is 2. The minimum absolute atomic E-state index is 0.0490. The summed E-state index contributed by atoms with van der Waals surface area (Å²) in [5, 5.41) is 34.9. The number of fused-ring (bicyclic) bond motifs is 1. The highest BCUT2D eigenvalue weighted by atomic mass is 16.6. The Morgan fingerprint density at radius 2 is 1.40 bits per heavy atom. The van der Waals surface area contributed by atoms with Crippen molar-refractivity contribution in [3.05, 3.63) is 113 Å². The molecule has 0 aliphatic carbocycles. The van der Waals surface area contributed by atoms with E-state index < -0.39 is 18.1 Å². The number of nitrogens with one attached hydrogen (secondary N) is 2. The van der Waals surface area contributed by atoms with Crippen LogP contribution in [0.25, 0.3) is 6.08 Å². The highest BCUT2D eigenvalue weighted by molar-refractivity contribution is 5.91. The summed E-state index contributed by atoms with van der Waals surface area (Å²) in [6, 6.07) is 23.3. The average Bonchev–Trinajstić information content (AvgIpc) is 3.04. The lowest BCUT2D eigenvalue weighted by Gasteiger charge is -2.33. The van der Waals surface area contributed by atoms with Crippen molar-refractivity contribution in [3.63, 3.8) is 0 Å². The van der Waals surface area contributed by atoms with Crippen molar-refractivity contribution in [2.45, 2.75) is 25.0 Å². The predicted octanol–water partition coefficient (Wildman–Crippen LogP) is 4.42. The van der Waals surface area contributed by atoms with Gasteiger partial charge in [-0.1, -0.05) is 30.3 Å². The van der Waals surface area contributed by atoms with Gasteiger partial charge in [0.25, 0.3) is 5.91 Å². The van der Waals surface area contributed by atoms with Crippen molar-refractivity contribution in [2.24, 2.45) is 0 Å². The van der Waals surface area contributed by atoms with Crippen LogP contribution in [0.15, 0.2) is 91.0 Å². The van der Waals surface area contributed by atoms with Crippen molar-refractivity contribution >= 4 is 17.9 Å². The van der Waals surface area contributed by atoms with Gasteiger partial charge in [0.05, 0.1) is 7.11 Å². The zero-order chi connectivity index (χ0) is 31.8. The van der Waals surface area contributed by atoms with E-state index in [1.54, 1.807) is 78.9 Å². The Morgan fingerprint density at radius 1 is 0.756 bits per heavy atom. The van der Waals surface area contributed by atoms with E-state index in [9.17, 15) is 24.9 Å². The fraction of sp³-hybridized carbons (Fsp3) is 0.200. The summed E-state index contributed by atoms with van der Waals surface area (Å²) in [5.74, 6) is 0.739. The third-order valence-electron chi connectivity index (χ3n) is 7.21. The first-order valence-electron chi connectivity index (χ1n) is 14.4. The van der Waals surface area contributed by atoms with E-state index in [0.29, 0.717) is 54.3 Å². The maximum Gasteiger partial charge on any atom is 0.265 e. The third-order valence-corrected chi connectivity index (χ3v) is 7.21. The second kappa shape index (κ2) is 14.2. The molecule has 2 amide bonds. The van der Waals surface area contributed by atoms with Gasteiger partial charge in [-0.15, -0.1) is 0 Å². The predicted molar refractivity (Wildman–Crippen MR) is 168 cm³/mol. The number of aromatic hydroxyl groups is 3. The Bertz CT molecular complexity index is 1670. The maximum absolute atomic E-state index is 13.5. The molecule has 0 unspecified atom stereocenters. The lowest BCUT2D eigenvalue weighted by atomic mass is 10.0. The molecule has 1 heterocycles. The molecule has 45 heavy (non-hydrogen) atoms. The van der Waals surface area contributed by atoms with E-state index in [0.717, 1.165) is 11.1 Å². The highest BCUT2D eigenvalue weighted by Crippen LogP contribution is 2.41. The molecular weight excluding hydrogens is 576 g/mol. The highest BCUT2D eigenvalue weighted by Gasteiger charge is 2.38. The summed E-state index contributed by atoms with van der Waals surface area (Å²) >= 11 is 0. The van der Waals surface area contributed by atoms with Crippen LogP contribution in [0.5, 0.6) is 34.5 Å². The molecule has 10 heteroatoms. The number of rotatable bonds is 11. The van der Waals surface area contributed by atoms with E-state index in [1.807, 2.05) is 0 Å². The number of phenols is 3. The Kier molecular flexibility index (Phi) is 9.74. The maximum atomic E-state index is 13.5. The molecule has 5 N–H and O–H groups in total. The van der Waals surface area contributed by atoms with Crippen LogP contribution in [0.1, 0.15) is 28.4 Å². The molecule has 5 rings (SSSR count). The van der Waals surface area contributed by atoms with Crippen LogP contribution >= 0.6 is 0 Å². The molecule has 0 fully saturated rings. The van der Waals surface area contributed by atoms with Crippen LogP contribution in [0.4, 0.5) is 0 Å². The fourth-order valence-electron chi connectivity index (χ4n) is 4.85. The van der Waals surface area contributed by atoms with E-state index in [1.165, 1.54) is 25.3 Å². The molecule has 0 saturated heterocycles. The smallest absolute Gasteiger partial charge is 0.265 e. The van der Waals surface area contributed by atoms with Crippen LogP contribution in [0.2, 0.25) is 0 Å². The molecule has 1 aliphatic heterocycles. The number of hydrogen-bond acceptors (Lipinski definition) is 8. The third kappa shape index (κ3) is 8.26. The van der Waals surface area contributed by atoms with Crippen LogP contribution < -0.4 is 24.8 Å². The molecule has 4 aromatic rings. The van der Waals surface area contributed by atoms with Crippen LogP contribution in [0.3, 0.4) is 0 Å². The Hall–Kier alpha value is -5.64. The van der Waals surface area contributed by atoms with Crippen LogP contribution in [-0.2, 0) is 22.4 Å². The summed E-state index contributed by atoms with van der Waals surface area (Å²) in [4.78, 5) is 25.9. The molecule has 0 aromatic heterocycles. The summed E-state index contributed by atoms with van der Waals surface area (Å²) < 4.78 is 17.8. The average molecular weight is 611 g/mol. The SMILES string of the molecule is COc1cc(O)cc([C@H]2Oc3ccc(C=CC(=O)NCCc4ccc(O)cc4)cc3O[C@@H]2C(=O)NCCc2ccc(O)cc2)c1. The first-order chi connectivity index (χ1) is 21.8. The Balaban J connectivity index is 1.28. The lowest BCUT2D eigenvalue weighted by molar-refractivity contribution is -0.134. The van der Waals surface area contributed by atoms with Crippen LogP contribution in [0, 0.1) is 0 Å². The lowest BCUT2D eigenvalue weighted by Crippen LogP contribution is -2.46. The van der Waals surface area contributed by atoms with Gasteiger partial charge >= 0.3 is 0 Å². The van der Waals surface area contributed by atoms with Gasteiger partial charge in [-0.3, -0.25) is 9.59 Å². The minimum Gasteiger partial charge on any atom is -0.508 e. The summed E-state index contributed by atoms with van der Waals surface area (Å²) in [6.07, 6.45) is 2.20. The van der Waals surface area contributed by atoms with Gasteiger partial charge in [0.2, 0.25) is 12.0 Å². The number of benzene rings is 4. The molecular formula is C35H34N2O8. The van der Waals surface area contributed by atoms with E-state index in [4.69, 9.17) is 14.2 Å². The Labute approximate surface area is 260 Å². The van der Waals surface area contributed by atoms with E-state index >= 15 is 0 Å². The molecule has 232 valence electrons. The van der Waals surface area contributed by atoms with Gasteiger partial charge in [0, 0.05) is 30.8 Å². The monoisotopic (exact) mass is 610 g/mol. The Morgan fingerprint density at radius 3 is 2.04 bits per heavy atom. The molecule has 10 nitrogen and oxygen atoms in total. The fourth-order valence-corrected chi connectivity index (χ4v) is 4.85.